The first-order valence-corrected chi connectivity index (χ1v) is 6.54. The predicted molar refractivity (Wildman–Crippen MR) is 79.3 cm³/mol. The summed E-state index contributed by atoms with van der Waals surface area (Å²) in [6.45, 7) is 5.00. The molecule has 0 aliphatic rings. The summed E-state index contributed by atoms with van der Waals surface area (Å²) in [7, 11) is 0. The van der Waals surface area contributed by atoms with E-state index in [0.29, 0.717) is 24.0 Å². The number of nitrogen functional groups attached to an aromatic ring is 1. The van der Waals surface area contributed by atoms with Crippen LogP contribution in [0.1, 0.15) is 30.9 Å². The van der Waals surface area contributed by atoms with Gasteiger partial charge in [0, 0.05) is 6.54 Å². The molecular weight excluding hydrogens is 260 g/mol. The Morgan fingerprint density at radius 1 is 1.21 bits per heavy atom. The van der Waals surface area contributed by atoms with E-state index in [4.69, 9.17) is 17.3 Å². The van der Waals surface area contributed by atoms with E-state index in [9.17, 15) is 0 Å². The van der Waals surface area contributed by atoms with Gasteiger partial charge in [0.2, 0.25) is 0 Å². The number of halogens is 1. The second-order valence-corrected chi connectivity index (χ2v) is 5.03. The summed E-state index contributed by atoms with van der Waals surface area (Å²) in [5.74, 6) is 1.10. The summed E-state index contributed by atoms with van der Waals surface area (Å²) >= 11 is 5.84. The van der Waals surface area contributed by atoms with Crippen molar-refractivity contribution >= 4 is 23.1 Å². The van der Waals surface area contributed by atoms with Crippen molar-refractivity contribution in [3.8, 4) is 0 Å². The van der Waals surface area contributed by atoms with E-state index < -0.39 is 0 Å². The zero-order valence-electron chi connectivity index (χ0n) is 11.0. The van der Waals surface area contributed by atoms with Gasteiger partial charge in [0.25, 0.3) is 0 Å². The van der Waals surface area contributed by atoms with Crippen LogP contribution in [0.3, 0.4) is 0 Å². The third-order valence-corrected chi connectivity index (χ3v) is 3.24. The molecule has 1 aromatic carbocycles. The molecule has 0 fully saturated rings. The number of anilines is 2. The highest BCUT2D eigenvalue weighted by molar-refractivity contribution is 6.32. The van der Waals surface area contributed by atoms with Gasteiger partial charge in [0.15, 0.2) is 11.0 Å². The maximum Gasteiger partial charge on any atom is 0.157 e. The molecule has 0 unspecified atom stereocenters. The Labute approximate surface area is 118 Å². The minimum absolute atomic E-state index is 0.271. The molecule has 2 aromatic rings. The molecule has 1 heterocycles. The van der Waals surface area contributed by atoms with Crippen molar-refractivity contribution in [1.29, 1.82) is 0 Å². The van der Waals surface area contributed by atoms with Crippen molar-refractivity contribution < 1.29 is 0 Å². The molecule has 0 atom stereocenters. The number of benzene rings is 1. The van der Waals surface area contributed by atoms with Gasteiger partial charge in [-0.1, -0.05) is 49.7 Å². The van der Waals surface area contributed by atoms with Gasteiger partial charge < -0.3 is 11.1 Å². The second-order valence-electron chi connectivity index (χ2n) is 4.68. The SMILES string of the molecule is CC(C)c1ccc(CNc2ncnc(Cl)c2N)cc1. The van der Waals surface area contributed by atoms with Crippen LogP contribution in [0.5, 0.6) is 0 Å². The average molecular weight is 277 g/mol. The summed E-state index contributed by atoms with van der Waals surface area (Å²) in [4.78, 5) is 7.88. The Bertz CT molecular complexity index is 552. The lowest BCUT2D eigenvalue weighted by Crippen LogP contribution is -2.05. The van der Waals surface area contributed by atoms with Crippen molar-refractivity contribution in [3.05, 3.63) is 46.9 Å². The van der Waals surface area contributed by atoms with E-state index in [0.717, 1.165) is 0 Å². The highest BCUT2D eigenvalue weighted by Crippen LogP contribution is 2.22. The zero-order valence-corrected chi connectivity index (χ0v) is 11.8. The summed E-state index contributed by atoms with van der Waals surface area (Å²) in [6, 6.07) is 8.47. The topological polar surface area (TPSA) is 63.8 Å². The highest BCUT2D eigenvalue weighted by Gasteiger charge is 2.05. The molecule has 4 nitrogen and oxygen atoms in total. The number of nitrogens with zero attached hydrogens (tertiary/aromatic N) is 2. The van der Waals surface area contributed by atoms with Gasteiger partial charge in [-0.05, 0) is 17.0 Å². The maximum absolute atomic E-state index is 5.84. The van der Waals surface area contributed by atoms with E-state index in [-0.39, 0.29) is 5.15 Å². The highest BCUT2D eigenvalue weighted by atomic mass is 35.5. The van der Waals surface area contributed by atoms with Gasteiger partial charge >= 0.3 is 0 Å². The molecule has 3 N–H and O–H groups in total. The maximum atomic E-state index is 5.84. The standard InChI is InChI=1S/C14H17ClN4/c1-9(2)11-5-3-10(4-6-11)7-17-14-12(16)13(15)18-8-19-14/h3-6,8-9H,7,16H2,1-2H3,(H,17,18,19). The Morgan fingerprint density at radius 3 is 2.53 bits per heavy atom. The monoisotopic (exact) mass is 276 g/mol. The quantitative estimate of drug-likeness (QED) is 0.840. The molecular formula is C14H17ClN4. The van der Waals surface area contributed by atoms with Crippen molar-refractivity contribution in [2.75, 3.05) is 11.1 Å². The molecule has 0 spiro atoms. The van der Waals surface area contributed by atoms with E-state index >= 15 is 0 Å². The van der Waals surface area contributed by atoms with E-state index in [2.05, 4.69) is 53.4 Å². The molecule has 5 heteroatoms. The summed E-state index contributed by atoms with van der Waals surface area (Å²) in [6.07, 6.45) is 1.39. The third-order valence-electron chi connectivity index (χ3n) is 2.94. The molecule has 0 aliphatic heterocycles. The van der Waals surface area contributed by atoms with Gasteiger partial charge in [-0.15, -0.1) is 0 Å². The first-order chi connectivity index (χ1) is 9.08. The van der Waals surface area contributed by atoms with Crippen molar-refractivity contribution in [2.45, 2.75) is 26.3 Å². The smallest absolute Gasteiger partial charge is 0.157 e. The van der Waals surface area contributed by atoms with Crippen LogP contribution in [0.15, 0.2) is 30.6 Å². The van der Waals surface area contributed by atoms with Crippen molar-refractivity contribution in [1.82, 2.24) is 9.97 Å². The Kier molecular flexibility index (Phi) is 4.22. The van der Waals surface area contributed by atoms with Gasteiger partial charge in [0.1, 0.15) is 12.0 Å². The van der Waals surface area contributed by atoms with Gasteiger partial charge in [-0.25, -0.2) is 9.97 Å². The second kappa shape index (κ2) is 5.89. The lowest BCUT2D eigenvalue weighted by Gasteiger charge is -2.10. The van der Waals surface area contributed by atoms with Crippen LogP contribution in [-0.2, 0) is 6.54 Å². The van der Waals surface area contributed by atoms with Gasteiger partial charge in [-0.3, -0.25) is 0 Å². The fourth-order valence-corrected chi connectivity index (χ4v) is 1.85. The average Bonchev–Trinajstić information content (AvgIpc) is 2.41. The number of rotatable bonds is 4. The molecule has 19 heavy (non-hydrogen) atoms. The number of hydrogen-bond acceptors (Lipinski definition) is 4. The summed E-state index contributed by atoms with van der Waals surface area (Å²) in [5, 5.41) is 3.43. The minimum atomic E-state index is 0.271. The van der Waals surface area contributed by atoms with Crippen LogP contribution in [0.2, 0.25) is 5.15 Å². The van der Waals surface area contributed by atoms with Crippen LogP contribution in [0, 0.1) is 0 Å². The molecule has 100 valence electrons. The van der Waals surface area contributed by atoms with Crippen LogP contribution in [-0.4, -0.2) is 9.97 Å². The lowest BCUT2D eigenvalue weighted by atomic mass is 10.0. The van der Waals surface area contributed by atoms with Gasteiger partial charge in [0.05, 0.1) is 0 Å². The predicted octanol–water partition coefficient (Wildman–Crippen LogP) is 3.45. The first-order valence-electron chi connectivity index (χ1n) is 6.16. The summed E-state index contributed by atoms with van der Waals surface area (Å²) in [5.41, 5.74) is 8.66. The van der Waals surface area contributed by atoms with E-state index in [1.165, 1.54) is 17.5 Å². The fourth-order valence-electron chi connectivity index (χ4n) is 1.72. The molecule has 0 amide bonds. The number of nitrogens with two attached hydrogens (primary N) is 1. The normalized spacial score (nSPS) is 10.7. The molecule has 2 rings (SSSR count). The number of hydrogen-bond donors (Lipinski definition) is 2. The molecule has 0 aliphatic carbocycles. The van der Waals surface area contributed by atoms with Crippen LogP contribution in [0.25, 0.3) is 0 Å². The Morgan fingerprint density at radius 2 is 1.89 bits per heavy atom. The molecule has 0 saturated carbocycles. The van der Waals surface area contributed by atoms with Gasteiger partial charge in [-0.2, -0.15) is 0 Å². The van der Waals surface area contributed by atoms with Crippen molar-refractivity contribution in [2.24, 2.45) is 0 Å². The van der Waals surface area contributed by atoms with Crippen LogP contribution in [0.4, 0.5) is 11.5 Å². The minimum Gasteiger partial charge on any atom is -0.393 e. The fraction of sp³-hybridized carbons (Fsp3) is 0.286. The van der Waals surface area contributed by atoms with E-state index in [1.807, 2.05) is 0 Å². The molecule has 0 bridgehead atoms. The Hall–Kier alpha value is -1.81. The molecule has 0 radical (unpaired) electrons. The number of nitrogens with one attached hydrogen (secondary N) is 1. The third kappa shape index (κ3) is 3.35. The van der Waals surface area contributed by atoms with Crippen LogP contribution >= 0.6 is 11.6 Å². The largest absolute Gasteiger partial charge is 0.393 e. The van der Waals surface area contributed by atoms with Crippen molar-refractivity contribution in [3.63, 3.8) is 0 Å². The lowest BCUT2D eigenvalue weighted by molar-refractivity contribution is 0.865. The van der Waals surface area contributed by atoms with Crippen LogP contribution < -0.4 is 11.1 Å². The number of aromatic nitrogens is 2. The molecule has 1 aromatic heterocycles. The zero-order chi connectivity index (χ0) is 13.8. The molecule has 0 saturated heterocycles. The first kappa shape index (κ1) is 13.6. The van der Waals surface area contributed by atoms with E-state index in [1.54, 1.807) is 0 Å². The Balaban J connectivity index is 2.04. The summed E-state index contributed by atoms with van der Waals surface area (Å²) < 4.78 is 0.